The van der Waals surface area contributed by atoms with Crippen LogP contribution in [-0.4, -0.2) is 11.9 Å². The van der Waals surface area contributed by atoms with Crippen molar-refractivity contribution in [2.45, 2.75) is 0 Å². The van der Waals surface area contributed by atoms with Crippen molar-refractivity contribution < 1.29 is 19.1 Å². The van der Waals surface area contributed by atoms with E-state index in [1.807, 2.05) is 0 Å². The second-order valence-corrected chi connectivity index (χ2v) is 2.65. The number of carbonyl (C=O) groups is 2. The fourth-order valence-electron chi connectivity index (χ4n) is 0.861. The van der Waals surface area contributed by atoms with Gasteiger partial charge in [0.05, 0.1) is 5.97 Å². The molecular formula is C10H7FNO3-. The maximum atomic E-state index is 12.5. The average Bonchev–Trinajstić information content (AvgIpc) is 2.19. The summed E-state index contributed by atoms with van der Waals surface area (Å²) in [5, 5.41) is 12.3. The maximum absolute atomic E-state index is 12.5. The molecule has 1 rings (SSSR count). The van der Waals surface area contributed by atoms with E-state index < -0.39 is 17.7 Å². The van der Waals surface area contributed by atoms with Crippen molar-refractivity contribution in [1.82, 2.24) is 0 Å². The Morgan fingerprint density at radius 2 is 1.80 bits per heavy atom. The Labute approximate surface area is 85.0 Å². The molecule has 0 saturated carbocycles. The first-order chi connectivity index (χ1) is 7.08. The molecule has 0 atom stereocenters. The van der Waals surface area contributed by atoms with E-state index in [1.54, 1.807) is 0 Å². The smallest absolute Gasteiger partial charge is 0.248 e. The fourth-order valence-corrected chi connectivity index (χ4v) is 0.861. The van der Waals surface area contributed by atoms with E-state index in [-0.39, 0.29) is 0 Å². The number of hydrogen-bond acceptors (Lipinski definition) is 3. The molecule has 0 heterocycles. The minimum absolute atomic E-state index is 0.379. The summed E-state index contributed by atoms with van der Waals surface area (Å²) < 4.78 is 12.5. The molecule has 1 aromatic rings. The Hall–Kier alpha value is -2.17. The lowest BCUT2D eigenvalue weighted by Crippen LogP contribution is -2.20. The summed E-state index contributed by atoms with van der Waals surface area (Å²) in [5.74, 6) is -2.49. The van der Waals surface area contributed by atoms with Gasteiger partial charge in [0.25, 0.3) is 0 Å². The first kappa shape index (κ1) is 10.9. The van der Waals surface area contributed by atoms with Crippen LogP contribution in [0.15, 0.2) is 36.4 Å². The van der Waals surface area contributed by atoms with Gasteiger partial charge in [0.2, 0.25) is 5.91 Å². The summed E-state index contributed by atoms with van der Waals surface area (Å²) in [4.78, 5) is 21.0. The number of carboxylic acids is 1. The third kappa shape index (κ3) is 4.04. The van der Waals surface area contributed by atoms with Crippen LogP contribution in [0.5, 0.6) is 0 Å². The largest absolute Gasteiger partial charge is 0.545 e. The lowest BCUT2D eigenvalue weighted by atomic mass is 10.3. The summed E-state index contributed by atoms with van der Waals surface area (Å²) >= 11 is 0. The molecule has 0 fully saturated rings. The standard InChI is InChI=1S/C10H8FNO3/c11-7-1-3-8(4-2-7)12-9(13)5-6-10(14)15/h1-6H,(H,12,13)(H,14,15)/p-1/b6-5-. The summed E-state index contributed by atoms with van der Waals surface area (Å²) in [7, 11) is 0. The zero-order valence-corrected chi connectivity index (χ0v) is 7.57. The Balaban J connectivity index is 2.59. The highest BCUT2D eigenvalue weighted by Gasteiger charge is 1.97. The Morgan fingerprint density at radius 3 is 2.33 bits per heavy atom. The van der Waals surface area contributed by atoms with Gasteiger partial charge in [-0.25, -0.2) is 4.39 Å². The minimum Gasteiger partial charge on any atom is -0.545 e. The van der Waals surface area contributed by atoms with Gasteiger partial charge in [0.15, 0.2) is 0 Å². The molecule has 0 aliphatic heterocycles. The Morgan fingerprint density at radius 1 is 1.20 bits per heavy atom. The minimum atomic E-state index is -1.45. The summed E-state index contributed by atoms with van der Waals surface area (Å²) in [6.45, 7) is 0. The summed E-state index contributed by atoms with van der Waals surface area (Å²) in [6.07, 6.45) is 1.43. The molecule has 1 aromatic carbocycles. The molecule has 1 amide bonds. The van der Waals surface area contributed by atoms with Gasteiger partial charge in [-0.15, -0.1) is 0 Å². The van der Waals surface area contributed by atoms with Gasteiger partial charge in [0.1, 0.15) is 5.82 Å². The number of anilines is 1. The fraction of sp³-hybridized carbons (Fsp3) is 0. The highest BCUT2D eigenvalue weighted by atomic mass is 19.1. The van der Waals surface area contributed by atoms with Crippen molar-refractivity contribution in [2.75, 3.05) is 5.32 Å². The topological polar surface area (TPSA) is 69.2 Å². The van der Waals surface area contributed by atoms with Crippen LogP contribution in [0.4, 0.5) is 10.1 Å². The zero-order chi connectivity index (χ0) is 11.3. The van der Waals surface area contributed by atoms with Crippen LogP contribution in [0.3, 0.4) is 0 Å². The highest BCUT2D eigenvalue weighted by molar-refractivity contribution is 6.01. The third-order valence-corrected chi connectivity index (χ3v) is 1.48. The highest BCUT2D eigenvalue weighted by Crippen LogP contribution is 2.07. The molecule has 78 valence electrons. The molecule has 5 heteroatoms. The van der Waals surface area contributed by atoms with Crippen molar-refractivity contribution in [1.29, 1.82) is 0 Å². The van der Waals surface area contributed by atoms with E-state index in [2.05, 4.69) is 5.32 Å². The van der Waals surface area contributed by atoms with E-state index in [9.17, 15) is 19.1 Å². The number of benzene rings is 1. The van der Waals surface area contributed by atoms with Crippen LogP contribution in [0.1, 0.15) is 0 Å². The van der Waals surface area contributed by atoms with Crippen molar-refractivity contribution in [3.8, 4) is 0 Å². The molecule has 4 nitrogen and oxygen atoms in total. The second-order valence-electron chi connectivity index (χ2n) is 2.65. The summed E-state index contributed by atoms with van der Waals surface area (Å²) in [5.41, 5.74) is 0.379. The van der Waals surface area contributed by atoms with Gasteiger partial charge in [-0.05, 0) is 30.3 Å². The number of halogens is 1. The van der Waals surface area contributed by atoms with Crippen molar-refractivity contribution >= 4 is 17.6 Å². The number of aliphatic carboxylic acids is 1. The maximum Gasteiger partial charge on any atom is 0.248 e. The van der Waals surface area contributed by atoms with Crippen LogP contribution >= 0.6 is 0 Å². The molecule has 0 spiro atoms. The van der Waals surface area contributed by atoms with Gasteiger partial charge in [0, 0.05) is 11.8 Å². The number of rotatable bonds is 3. The first-order valence-electron chi connectivity index (χ1n) is 4.03. The molecule has 15 heavy (non-hydrogen) atoms. The molecule has 0 aliphatic rings. The lowest BCUT2D eigenvalue weighted by Gasteiger charge is -2.01. The molecule has 0 saturated heterocycles. The molecular weight excluding hydrogens is 201 g/mol. The predicted octanol–water partition coefficient (Wildman–Crippen LogP) is 0.0703. The molecule has 0 bridgehead atoms. The van der Waals surface area contributed by atoms with Crippen molar-refractivity contribution in [2.24, 2.45) is 0 Å². The van der Waals surface area contributed by atoms with Crippen LogP contribution in [0, 0.1) is 5.82 Å². The van der Waals surface area contributed by atoms with E-state index in [0.29, 0.717) is 11.8 Å². The SMILES string of the molecule is O=C([O-])/C=C\C(=O)Nc1ccc(F)cc1. The third-order valence-electron chi connectivity index (χ3n) is 1.48. The molecule has 1 N–H and O–H groups in total. The first-order valence-corrected chi connectivity index (χ1v) is 4.03. The number of amides is 1. The number of hydrogen-bond donors (Lipinski definition) is 1. The lowest BCUT2D eigenvalue weighted by molar-refractivity contribution is -0.297. The molecule has 0 radical (unpaired) electrons. The van der Waals surface area contributed by atoms with Gasteiger partial charge < -0.3 is 15.2 Å². The Bertz CT molecular complexity index is 398. The van der Waals surface area contributed by atoms with Gasteiger partial charge >= 0.3 is 0 Å². The number of carboxylic acid groups (broad SMARTS) is 1. The second kappa shape index (κ2) is 4.90. The summed E-state index contributed by atoms with van der Waals surface area (Å²) in [6, 6.07) is 5.08. The zero-order valence-electron chi connectivity index (χ0n) is 7.57. The normalized spacial score (nSPS) is 10.2. The van der Waals surface area contributed by atoms with Crippen LogP contribution in [0.2, 0.25) is 0 Å². The van der Waals surface area contributed by atoms with Crippen LogP contribution in [-0.2, 0) is 9.59 Å². The van der Waals surface area contributed by atoms with Crippen LogP contribution < -0.4 is 10.4 Å². The van der Waals surface area contributed by atoms with E-state index in [0.717, 1.165) is 6.08 Å². The van der Waals surface area contributed by atoms with Gasteiger partial charge in [-0.1, -0.05) is 0 Å². The molecule has 0 aliphatic carbocycles. The van der Waals surface area contributed by atoms with Crippen molar-refractivity contribution in [3.63, 3.8) is 0 Å². The Kier molecular flexibility index (Phi) is 3.56. The van der Waals surface area contributed by atoms with E-state index in [4.69, 9.17) is 0 Å². The molecule has 0 unspecified atom stereocenters. The van der Waals surface area contributed by atoms with Gasteiger partial charge in [-0.3, -0.25) is 4.79 Å². The van der Waals surface area contributed by atoms with E-state index in [1.165, 1.54) is 24.3 Å². The van der Waals surface area contributed by atoms with E-state index >= 15 is 0 Å². The van der Waals surface area contributed by atoms with Crippen molar-refractivity contribution in [3.05, 3.63) is 42.2 Å². The number of nitrogens with one attached hydrogen (secondary N) is 1. The predicted molar refractivity (Wildman–Crippen MR) is 49.2 cm³/mol. The van der Waals surface area contributed by atoms with Gasteiger partial charge in [-0.2, -0.15) is 0 Å². The monoisotopic (exact) mass is 208 g/mol. The molecule has 0 aromatic heterocycles. The van der Waals surface area contributed by atoms with Crippen LogP contribution in [0.25, 0.3) is 0 Å². The average molecular weight is 208 g/mol. The quantitative estimate of drug-likeness (QED) is 0.714. The number of carbonyl (C=O) groups excluding carboxylic acids is 2.